The maximum atomic E-state index is 6.07. The van der Waals surface area contributed by atoms with Crippen LogP contribution in [0.5, 0.6) is 0 Å². The molecule has 2 rings (SSSR count). The lowest BCUT2D eigenvalue weighted by Crippen LogP contribution is -2.12. The SMILES string of the molecule is Cc1cc2oc(C(C)(C)C)c(C(C)C)c2cn1. The summed E-state index contributed by atoms with van der Waals surface area (Å²) >= 11 is 0. The summed E-state index contributed by atoms with van der Waals surface area (Å²) in [6.45, 7) is 13.0. The Morgan fingerprint density at radius 2 is 1.88 bits per heavy atom. The molecule has 0 atom stereocenters. The molecule has 0 bridgehead atoms. The summed E-state index contributed by atoms with van der Waals surface area (Å²) in [5.41, 5.74) is 3.31. The van der Waals surface area contributed by atoms with Crippen LogP contribution in [0.3, 0.4) is 0 Å². The fraction of sp³-hybridized carbons (Fsp3) is 0.533. The van der Waals surface area contributed by atoms with Gasteiger partial charge in [0.1, 0.15) is 11.3 Å². The minimum absolute atomic E-state index is 0.0343. The molecule has 0 aromatic carbocycles. The van der Waals surface area contributed by atoms with E-state index in [1.54, 1.807) is 0 Å². The zero-order valence-corrected chi connectivity index (χ0v) is 11.6. The zero-order chi connectivity index (χ0) is 12.8. The van der Waals surface area contributed by atoms with Gasteiger partial charge in [-0.3, -0.25) is 4.98 Å². The van der Waals surface area contributed by atoms with E-state index in [-0.39, 0.29) is 5.41 Å². The topological polar surface area (TPSA) is 26.0 Å². The van der Waals surface area contributed by atoms with Gasteiger partial charge in [-0.15, -0.1) is 0 Å². The van der Waals surface area contributed by atoms with Gasteiger partial charge in [-0.25, -0.2) is 0 Å². The molecule has 0 fully saturated rings. The Labute approximate surface area is 103 Å². The molecule has 17 heavy (non-hydrogen) atoms. The van der Waals surface area contributed by atoms with E-state index >= 15 is 0 Å². The summed E-state index contributed by atoms with van der Waals surface area (Å²) in [4.78, 5) is 4.39. The van der Waals surface area contributed by atoms with E-state index in [2.05, 4.69) is 39.6 Å². The third-order valence-corrected chi connectivity index (χ3v) is 3.01. The summed E-state index contributed by atoms with van der Waals surface area (Å²) in [6.07, 6.45) is 1.94. The first-order valence-corrected chi connectivity index (χ1v) is 6.20. The molecule has 0 amide bonds. The highest BCUT2D eigenvalue weighted by atomic mass is 16.3. The maximum Gasteiger partial charge on any atom is 0.137 e. The number of fused-ring (bicyclic) bond motifs is 1. The third kappa shape index (κ3) is 2.08. The van der Waals surface area contributed by atoms with Gasteiger partial charge in [0.2, 0.25) is 0 Å². The molecule has 0 aliphatic heterocycles. The quantitative estimate of drug-likeness (QED) is 0.719. The minimum atomic E-state index is 0.0343. The Morgan fingerprint density at radius 3 is 2.41 bits per heavy atom. The molecular weight excluding hydrogens is 210 g/mol. The van der Waals surface area contributed by atoms with Gasteiger partial charge in [-0.05, 0) is 12.8 Å². The predicted molar refractivity (Wildman–Crippen MR) is 71.5 cm³/mol. The summed E-state index contributed by atoms with van der Waals surface area (Å²) in [6, 6.07) is 2.02. The predicted octanol–water partition coefficient (Wildman–Crippen LogP) is 4.56. The molecule has 0 saturated heterocycles. The molecule has 0 aliphatic carbocycles. The van der Waals surface area contributed by atoms with Crippen LogP contribution in [-0.2, 0) is 5.41 Å². The number of nitrogens with zero attached hydrogens (tertiary/aromatic N) is 1. The van der Waals surface area contributed by atoms with E-state index in [0.29, 0.717) is 5.92 Å². The van der Waals surface area contributed by atoms with Crippen molar-refractivity contribution in [2.24, 2.45) is 0 Å². The lowest BCUT2D eigenvalue weighted by molar-refractivity contribution is 0.421. The van der Waals surface area contributed by atoms with Crippen molar-refractivity contribution >= 4 is 11.0 Å². The van der Waals surface area contributed by atoms with Crippen molar-refractivity contribution in [2.75, 3.05) is 0 Å². The van der Waals surface area contributed by atoms with E-state index in [0.717, 1.165) is 22.4 Å². The molecule has 0 unspecified atom stereocenters. The highest BCUT2D eigenvalue weighted by Gasteiger charge is 2.26. The van der Waals surface area contributed by atoms with Crippen LogP contribution in [0.25, 0.3) is 11.0 Å². The van der Waals surface area contributed by atoms with Crippen LogP contribution in [0.2, 0.25) is 0 Å². The Kier molecular flexibility index (Phi) is 2.76. The first kappa shape index (κ1) is 12.2. The van der Waals surface area contributed by atoms with Gasteiger partial charge in [0.25, 0.3) is 0 Å². The number of aromatic nitrogens is 1. The highest BCUT2D eigenvalue weighted by molar-refractivity contribution is 5.82. The van der Waals surface area contributed by atoms with Crippen molar-refractivity contribution in [3.63, 3.8) is 0 Å². The lowest BCUT2D eigenvalue weighted by Gasteiger charge is -2.18. The second-order valence-electron chi connectivity index (χ2n) is 6.07. The van der Waals surface area contributed by atoms with Gasteiger partial charge in [0.05, 0.1) is 0 Å². The van der Waals surface area contributed by atoms with E-state index in [4.69, 9.17) is 4.42 Å². The number of aryl methyl sites for hydroxylation is 1. The van der Waals surface area contributed by atoms with Crippen LogP contribution < -0.4 is 0 Å². The number of hydrogen-bond donors (Lipinski definition) is 0. The van der Waals surface area contributed by atoms with Gasteiger partial charge >= 0.3 is 0 Å². The van der Waals surface area contributed by atoms with E-state index in [9.17, 15) is 0 Å². The smallest absolute Gasteiger partial charge is 0.137 e. The molecular formula is C15H21NO. The van der Waals surface area contributed by atoms with Gasteiger partial charge < -0.3 is 4.42 Å². The molecule has 2 aromatic heterocycles. The second kappa shape index (κ2) is 3.86. The van der Waals surface area contributed by atoms with Crippen LogP contribution in [-0.4, -0.2) is 4.98 Å². The number of rotatable bonds is 1. The molecule has 0 N–H and O–H groups in total. The van der Waals surface area contributed by atoms with Crippen LogP contribution >= 0.6 is 0 Å². The molecule has 2 heteroatoms. The first-order valence-electron chi connectivity index (χ1n) is 6.20. The molecule has 2 heterocycles. The normalized spacial score (nSPS) is 12.6. The fourth-order valence-electron chi connectivity index (χ4n) is 2.24. The van der Waals surface area contributed by atoms with Crippen molar-refractivity contribution in [1.82, 2.24) is 4.98 Å². The molecule has 0 aliphatic rings. The number of pyridine rings is 1. The minimum Gasteiger partial charge on any atom is -0.460 e. The highest BCUT2D eigenvalue weighted by Crippen LogP contribution is 2.38. The maximum absolute atomic E-state index is 6.07. The number of hydrogen-bond acceptors (Lipinski definition) is 2. The van der Waals surface area contributed by atoms with Crippen molar-refractivity contribution in [2.45, 2.75) is 52.9 Å². The molecule has 0 saturated carbocycles. The average Bonchev–Trinajstić information content (AvgIpc) is 2.55. The lowest BCUT2D eigenvalue weighted by atomic mass is 9.86. The summed E-state index contributed by atoms with van der Waals surface area (Å²) in [5, 5.41) is 1.16. The Balaban J connectivity index is 2.80. The zero-order valence-electron chi connectivity index (χ0n) is 11.6. The monoisotopic (exact) mass is 231 g/mol. The standard InChI is InChI=1S/C15H21NO/c1-9(2)13-11-8-16-10(3)7-12(11)17-14(13)15(4,5)6/h7-9H,1-6H3. The molecule has 2 nitrogen and oxygen atoms in total. The molecule has 2 aromatic rings. The van der Waals surface area contributed by atoms with Crippen molar-refractivity contribution in [1.29, 1.82) is 0 Å². The van der Waals surface area contributed by atoms with Crippen molar-refractivity contribution in [3.8, 4) is 0 Å². The van der Waals surface area contributed by atoms with Gasteiger partial charge in [-0.2, -0.15) is 0 Å². The summed E-state index contributed by atoms with van der Waals surface area (Å²) in [5.74, 6) is 1.55. The van der Waals surface area contributed by atoms with E-state index in [1.807, 2.05) is 19.2 Å². The van der Waals surface area contributed by atoms with E-state index in [1.165, 1.54) is 5.56 Å². The van der Waals surface area contributed by atoms with Crippen LogP contribution in [0, 0.1) is 6.92 Å². The van der Waals surface area contributed by atoms with Gasteiger partial charge in [0, 0.05) is 34.3 Å². The first-order chi connectivity index (χ1) is 7.80. The third-order valence-electron chi connectivity index (χ3n) is 3.01. The molecule has 0 radical (unpaired) electrons. The largest absolute Gasteiger partial charge is 0.460 e. The Hall–Kier alpha value is -1.31. The molecule has 0 spiro atoms. The number of furan rings is 1. The fourth-order valence-corrected chi connectivity index (χ4v) is 2.24. The van der Waals surface area contributed by atoms with Crippen LogP contribution in [0.4, 0.5) is 0 Å². The van der Waals surface area contributed by atoms with Crippen LogP contribution in [0.15, 0.2) is 16.7 Å². The average molecular weight is 231 g/mol. The van der Waals surface area contributed by atoms with Gasteiger partial charge in [0.15, 0.2) is 0 Å². The Bertz CT molecular complexity index is 544. The summed E-state index contributed by atoms with van der Waals surface area (Å²) in [7, 11) is 0. The summed E-state index contributed by atoms with van der Waals surface area (Å²) < 4.78 is 6.07. The molecule has 92 valence electrons. The Morgan fingerprint density at radius 1 is 1.24 bits per heavy atom. The van der Waals surface area contributed by atoms with Crippen LogP contribution in [0.1, 0.15) is 57.6 Å². The van der Waals surface area contributed by atoms with Crippen molar-refractivity contribution in [3.05, 3.63) is 29.3 Å². The van der Waals surface area contributed by atoms with E-state index < -0.39 is 0 Å². The second-order valence-corrected chi connectivity index (χ2v) is 6.07. The van der Waals surface area contributed by atoms with Gasteiger partial charge in [-0.1, -0.05) is 34.6 Å². The van der Waals surface area contributed by atoms with Crippen molar-refractivity contribution < 1.29 is 4.42 Å².